The highest BCUT2D eigenvalue weighted by atomic mass is 16.1. The molecule has 3 aromatic rings. The number of Topliss-reactive ketones (excluding diaryl/α,β-unsaturated/α-hetero) is 1. The summed E-state index contributed by atoms with van der Waals surface area (Å²) < 4.78 is 0. The van der Waals surface area contributed by atoms with Crippen molar-refractivity contribution in [3.63, 3.8) is 0 Å². The summed E-state index contributed by atoms with van der Waals surface area (Å²) in [7, 11) is 0. The molecule has 0 saturated heterocycles. The van der Waals surface area contributed by atoms with E-state index in [1.807, 2.05) is 24.6 Å². The average molecular weight is 517 g/mol. The molecule has 0 aromatic heterocycles. The van der Waals surface area contributed by atoms with Crippen LogP contribution in [-0.2, 0) is 4.79 Å². The first-order valence-electron chi connectivity index (χ1n) is 13.6. The predicted molar refractivity (Wildman–Crippen MR) is 166 cm³/mol. The van der Waals surface area contributed by atoms with Crippen molar-refractivity contribution >= 4 is 29.1 Å². The number of hydrogen-bond acceptors (Lipinski definition) is 3. The second-order valence-electron chi connectivity index (χ2n) is 12.5. The van der Waals surface area contributed by atoms with Gasteiger partial charge in [0.05, 0.1) is 0 Å². The Labute approximate surface area is 234 Å². The van der Waals surface area contributed by atoms with Gasteiger partial charge in [0.25, 0.3) is 0 Å². The molecule has 3 nitrogen and oxygen atoms in total. The van der Waals surface area contributed by atoms with Crippen LogP contribution in [0.15, 0.2) is 113 Å². The van der Waals surface area contributed by atoms with Gasteiger partial charge >= 0.3 is 0 Å². The van der Waals surface area contributed by atoms with Crippen LogP contribution in [0, 0.1) is 24.7 Å². The van der Waals surface area contributed by atoms with Gasteiger partial charge in [-0.1, -0.05) is 89.1 Å². The number of anilines is 3. The number of carbonyl (C=O) groups is 1. The maximum Gasteiger partial charge on any atom is 0.186 e. The molecule has 39 heavy (non-hydrogen) atoms. The fourth-order valence-electron chi connectivity index (χ4n) is 4.59. The molecule has 0 bridgehead atoms. The summed E-state index contributed by atoms with van der Waals surface area (Å²) in [4.78, 5) is 20.1. The van der Waals surface area contributed by atoms with Crippen molar-refractivity contribution in [1.29, 1.82) is 0 Å². The first-order valence-corrected chi connectivity index (χ1v) is 13.6. The minimum absolute atomic E-state index is 0.137. The lowest BCUT2D eigenvalue weighted by Gasteiger charge is -2.31. The molecule has 0 radical (unpaired) electrons. The quantitative estimate of drug-likeness (QED) is 0.316. The number of allylic oxidation sites excluding steroid dienone is 5. The van der Waals surface area contributed by atoms with Crippen LogP contribution in [0.1, 0.15) is 58.2 Å². The number of rotatable bonds is 5. The zero-order valence-electron chi connectivity index (χ0n) is 24.5. The molecule has 0 heterocycles. The van der Waals surface area contributed by atoms with Crippen molar-refractivity contribution in [2.45, 2.75) is 55.4 Å². The molecule has 0 saturated carbocycles. The van der Waals surface area contributed by atoms with Crippen molar-refractivity contribution < 1.29 is 4.79 Å². The minimum Gasteiger partial charge on any atom is -0.311 e. The standard InChI is InChI=1S/C36H40N2O/c1-25-9-15-29(16-10-25)38(30-17-11-26(2)12-18-30)31-19-13-27(14-20-31)23-37-24-28-21-32(35(3,4)5)34(39)33(22-28)36(6,7)8/h9-24H,1-8H3. The van der Waals surface area contributed by atoms with Gasteiger partial charge in [0, 0.05) is 40.6 Å². The Morgan fingerprint density at radius 2 is 1.00 bits per heavy atom. The Hall–Kier alpha value is -3.98. The highest BCUT2D eigenvalue weighted by molar-refractivity contribution is 6.11. The van der Waals surface area contributed by atoms with Gasteiger partial charge in [0.1, 0.15) is 0 Å². The van der Waals surface area contributed by atoms with Crippen LogP contribution < -0.4 is 4.90 Å². The first kappa shape index (κ1) is 28.0. The van der Waals surface area contributed by atoms with Crippen LogP contribution in [0.3, 0.4) is 0 Å². The van der Waals surface area contributed by atoms with E-state index in [0.717, 1.165) is 39.3 Å². The molecule has 3 heteroatoms. The Balaban J connectivity index is 1.63. The number of benzene rings is 3. The van der Waals surface area contributed by atoms with Crippen LogP contribution in [0.5, 0.6) is 0 Å². The van der Waals surface area contributed by atoms with E-state index in [1.165, 1.54) is 11.1 Å². The molecule has 4 rings (SSSR count). The molecule has 0 N–H and O–H groups in total. The molecule has 1 aliphatic rings. The molecule has 200 valence electrons. The van der Waals surface area contributed by atoms with Gasteiger partial charge in [0.15, 0.2) is 5.78 Å². The molecule has 0 unspecified atom stereocenters. The van der Waals surface area contributed by atoms with Crippen LogP contribution in [0.25, 0.3) is 0 Å². The largest absolute Gasteiger partial charge is 0.311 e. The van der Waals surface area contributed by atoms with Crippen molar-refractivity contribution in [2.75, 3.05) is 4.90 Å². The zero-order valence-corrected chi connectivity index (χ0v) is 24.5. The maximum absolute atomic E-state index is 13.2. The summed E-state index contributed by atoms with van der Waals surface area (Å²) in [5.41, 5.74) is 8.93. The van der Waals surface area contributed by atoms with Crippen LogP contribution in [-0.4, -0.2) is 12.0 Å². The van der Waals surface area contributed by atoms with Crippen LogP contribution in [0.2, 0.25) is 0 Å². The predicted octanol–water partition coefficient (Wildman–Crippen LogP) is 9.60. The Kier molecular flexibility index (Phi) is 7.92. The topological polar surface area (TPSA) is 32.7 Å². The van der Waals surface area contributed by atoms with Crippen molar-refractivity contribution in [3.8, 4) is 0 Å². The molecule has 3 aromatic carbocycles. The highest BCUT2D eigenvalue weighted by Gasteiger charge is 2.33. The van der Waals surface area contributed by atoms with Crippen molar-refractivity contribution in [2.24, 2.45) is 15.8 Å². The molecule has 0 aliphatic heterocycles. The lowest BCUT2D eigenvalue weighted by molar-refractivity contribution is -0.114. The van der Waals surface area contributed by atoms with Gasteiger partial charge in [-0.05, 0) is 84.4 Å². The number of ketones is 1. The molecule has 0 atom stereocenters. The third-order valence-electron chi connectivity index (χ3n) is 6.91. The first-order chi connectivity index (χ1) is 18.3. The monoisotopic (exact) mass is 516 g/mol. The van der Waals surface area contributed by atoms with E-state index < -0.39 is 0 Å². The number of aryl methyl sites for hydroxylation is 2. The minimum atomic E-state index is -0.235. The summed E-state index contributed by atoms with van der Waals surface area (Å²) in [5.74, 6) is 0.137. The fourth-order valence-corrected chi connectivity index (χ4v) is 4.59. The number of aliphatic imine (C=N–C) groups is 1. The third kappa shape index (κ3) is 6.72. The van der Waals surface area contributed by atoms with E-state index in [1.54, 1.807) is 0 Å². The van der Waals surface area contributed by atoms with E-state index in [0.29, 0.717) is 0 Å². The highest BCUT2D eigenvalue weighted by Crippen LogP contribution is 2.39. The van der Waals surface area contributed by atoms with Gasteiger partial charge in [-0.15, -0.1) is 0 Å². The molecule has 1 aliphatic carbocycles. The van der Waals surface area contributed by atoms with Gasteiger partial charge < -0.3 is 4.90 Å². The lowest BCUT2D eigenvalue weighted by atomic mass is 9.72. The summed E-state index contributed by atoms with van der Waals surface area (Å²) in [5, 5.41) is 0. The van der Waals surface area contributed by atoms with E-state index in [2.05, 4.69) is 138 Å². The molecule has 0 fully saturated rings. The maximum atomic E-state index is 13.2. The molecular formula is C36H40N2O. The van der Waals surface area contributed by atoms with E-state index in [9.17, 15) is 4.79 Å². The summed E-state index contributed by atoms with van der Waals surface area (Å²) in [6.45, 7) is 16.7. The SMILES string of the molecule is Cc1ccc(N(c2ccc(C)cc2)c2ccc(C=NC=C3C=C(C(C)(C)C)C(=O)C(C(C)(C)C)=C3)cc2)cc1. The van der Waals surface area contributed by atoms with Gasteiger partial charge in [-0.25, -0.2) is 0 Å². The fraction of sp³-hybridized carbons (Fsp3) is 0.278. The van der Waals surface area contributed by atoms with Crippen LogP contribution >= 0.6 is 0 Å². The second-order valence-corrected chi connectivity index (χ2v) is 12.5. The van der Waals surface area contributed by atoms with Gasteiger partial charge in [-0.3, -0.25) is 9.79 Å². The van der Waals surface area contributed by atoms with Gasteiger partial charge in [-0.2, -0.15) is 0 Å². The Morgan fingerprint density at radius 1 is 0.615 bits per heavy atom. The summed E-state index contributed by atoms with van der Waals surface area (Å²) >= 11 is 0. The van der Waals surface area contributed by atoms with E-state index in [-0.39, 0.29) is 16.6 Å². The third-order valence-corrected chi connectivity index (χ3v) is 6.91. The number of nitrogens with zero attached hydrogens (tertiary/aromatic N) is 2. The van der Waals surface area contributed by atoms with E-state index >= 15 is 0 Å². The van der Waals surface area contributed by atoms with E-state index in [4.69, 9.17) is 0 Å². The van der Waals surface area contributed by atoms with Crippen LogP contribution in [0.4, 0.5) is 17.1 Å². The molecule has 0 amide bonds. The zero-order chi connectivity index (χ0) is 28.4. The van der Waals surface area contributed by atoms with Crippen molar-refractivity contribution in [3.05, 3.63) is 125 Å². The Bertz CT molecular complexity index is 1370. The summed E-state index contributed by atoms with van der Waals surface area (Å²) in [6.07, 6.45) is 7.69. The second kappa shape index (κ2) is 11.0. The lowest BCUT2D eigenvalue weighted by Crippen LogP contribution is -2.27. The number of carbonyl (C=O) groups excluding carboxylic acids is 1. The summed E-state index contributed by atoms with van der Waals surface area (Å²) in [6, 6.07) is 25.6. The Morgan fingerprint density at radius 3 is 1.38 bits per heavy atom. The normalized spacial score (nSPS) is 14.4. The average Bonchev–Trinajstić information content (AvgIpc) is 2.87. The molecule has 0 spiro atoms. The number of hydrogen-bond donors (Lipinski definition) is 0. The molecular weight excluding hydrogens is 476 g/mol. The smallest absolute Gasteiger partial charge is 0.186 e. The van der Waals surface area contributed by atoms with Gasteiger partial charge in [0.2, 0.25) is 0 Å². The van der Waals surface area contributed by atoms with Crippen molar-refractivity contribution in [1.82, 2.24) is 0 Å².